The van der Waals surface area contributed by atoms with Gasteiger partial charge in [-0.25, -0.2) is 0 Å². The average Bonchev–Trinajstić information content (AvgIpc) is 2.78. The highest BCUT2D eigenvalue weighted by molar-refractivity contribution is 5.80. The number of hydrogen-bond donors (Lipinski definition) is 1. The van der Waals surface area contributed by atoms with Crippen LogP contribution >= 0.6 is 0 Å². The van der Waals surface area contributed by atoms with Crippen molar-refractivity contribution in [3.63, 3.8) is 0 Å². The molecule has 2 atom stereocenters. The van der Waals surface area contributed by atoms with E-state index in [0.29, 0.717) is 25.9 Å². The number of esters is 1. The van der Waals surface area contributed by atoms with Gasteiger partial charge < -0.3 is 9.84 Å². The van der Waals surface area contributed by atoms with Crippen LogP contribution in [-0.2, 0) is 16.0 Å². The van der Waals surface area contributed by atoms with Crippen molar-refractivity contribution in [2.24, 2.45) is 5.41 Å². The maximum Gasteiger partial charge on any atom is 0.315 e. The van der Waals surface area contributed by atoms with Gasteiger partial charge in [-0.05, 0) is 44.2 Å². The lowest BCUT2D eigenvalue weighted by Crippen LogP contribution is -2.50. The van der Waals surface area contributed by atoms with Crippen molar-refractivity contribution in [3.8, 4) is 0 Å². The average molecular weight is 286 g/mol. The quantitative estimate of drug-likeness (QED) is 0.668. The summed E-state index contributed by atoms with van der Waals surface area (Å²) in [6.45, 7) is 5.65. The molecule has 1 aliphatic rings. The summed E-state index contributed by atoms with van der Waals surface area (Å²) >= 11 is 0. The molecule has 112 valence electrons. The first-order valence-electron chi connectivity index (χ1n) is 7.38. The third-order valence-corrected chi connectivity index (χ3v) is 4.35. The van der Waals surface area contributed by atoms with Crippen molar-refractivity contribution in [2.75, 3.05) is 6.61 Å². The van der Waals surface area contributed by atoms with Crippen LogP contribution in [0, 0.1) is 5.41 Å². The molecule has 3 nitrogen and oxygen atoms in total. The first-order chi connectivity index (χ1) is 10.1. The van der Waals surface area contributed by atoms with Crippen LogP contribution in [0.5, 0.6) is 0 Å². The van der Waals surface area contributed by atoms with Crippen molar-refractivity contribution < 1.29 is 14.6 Å². The standard InChI is InChI=1S/C18H22O3/c1-3-11-18(20)13-8-12-17(18,16(19)21-4-2)14-15-9-6-5-7-10-15/h5-7,9-11,20H,1,4,8,12-14H2,2H3/t17-,18-/m1/s1. The Bertz CT molecular complexity index is 545. The van der Waals surface area contributed by atoms with E-state index in [1.165, 1.54) is 6.08 Å². The van der Waals surface area contributed by atoms with Crippen LogP contribution in [0.15, 0.2) is 48.7 Å². The van der Waals surface area contributed by atoms with Gasteiger partial charge in [-0.1, -0.05) is 36.9 Å². The summed E-state index contributed by atoms with van der Waals surface area (Å²) < 4.78 is 5.28. The SMILES string of the molecule is C=C=C[C@@]1(O)CCC[C@@]1(Cc1ccccc1)C(=O)OCC. The Morgan fingerprint density at radius 3 is 2.76 bits per heavy atom. The second kappa shape index (κ2) is 6.30. The number of carbonyl (C=O) groups is 1. The van der Waals surface area contributed by atoms with Crippen molar-refractivity contribution in [1.82, 2.24) is 0 Å². The van der Waals surface area contributed by atoms with E-state index in [2.05, 4.69) is 12.3 Å². The van der Waals surface area contributed by atoms with Crippen molar-refractivity contribution in [1.29, 1.82) is 0 Å². The van der Waals surface area contributed by atoms with E-state index in [4.69, 9.17) is 4.74 Å². The van der Waals surface area contributed by atoms with Crippen molar-refractivity contribution in [2.45, 2.75) is 38.2 Å². The topological polar surface area (TPSA) is 46.5 Å². The van der Waals surface area contributed by atoms with Crippen LogP contribution in [0.3, 0.4) is 0 Å². The van der Waals surface area contributed by atoms with Gasteiger partial charge >= 0.3 is 5.97 Å². The van der Waals surface area contributed by atoms with Crippen LogP contribution in [0.2, 0.25) is 0 Å². The normalized spacial score (nSPS) is 27.9. The molecule has 0 radical (unpaired) electrons. The van der Waals surface area contributed by atoms with Crippen molar-refractivity contribution in [3.05, 3.63) is 54.3 Å². The van der Waals surface area contributed by atoms with Gasteiger partial charge in [0, 0.05) is 0 Å². The van der Waals surface area contributed by atoms with Crippen molar-refractivity contribution >= 4 is 5.97 Å². The second-order valence-electron chi connectivity index (χ2n) is 5.59. The zero-order valence-electron chi connectivity index (χ0n) is 12.5. The van der Waals surface area contributed by atoms with Crippen LogP contribution in [0.25, 0.3) is 0 Å². The zero-order chi connectivity index (χ0) is 15.3. The molecule has 0 unspecified atom stereocenters. The van der Waals surface area contributed by atoms with Gasteiger partial charge in [-0.15, -0.1) is 5.73 Å². The van der Waals surface area contributed by atoms with E-state index in [9.17, 15) is 9.90 Å². The van der Waals surface area contributed by atoms with Gasteiger partial charge in [0.1, 0.15) is 11.0 Å². The molecular formula is C18H22O3. The Labute approximate surface area is 125 Å². The molecule has 1 fully saturated rings. The molecule has 0 saturated heterocycles. The van der Waals surface area contributed by atoms with Gasteiger partial charge in [-0.2, -0.15) is 0 Å². The molecule has 1 N–H and O–H groups in total. The Balaban J connectivity index is 2.44. The monoisotopic (exact) mass is 286 g/mol. The molecule has 0 spiro atoms. The maximum atomic E-state index is 12.6. The molecule has 1 aromatic rings. The number of ether oxygens (including phenoxy) is 1. The number of aliphatic hydroxyl groups is 1. The molecule has 0 amide bonds. The fourth-order valence-corrected chi connectivity index (χ4v) is 3.30. The number of carbonyl (C=O) groups excluding carboxylic acids is 1. The van der Waals surface area contributed by atoms with E-state index in [0.717, 1.165) is 12.0 Å². The molecule has 0 bridgehead atoms. The highest BCUT2D eigenvalue weighted by Crippen LogP contribution is 2.50. The number of hydrogen-bond acceptors (Lipinski definition) is 3. The van der Waals surface area contributed by atoms with E-state index < -0.39 is 11.0 Å². The lowest BCUT2D eigenvalue weighted by molar-refractivity contribution is -0.166. The van der Waals surface area contributed by atoms with Gasteiger partial charge in [0.05, 0.1) is 6.61 Å². The Kier molecular flexibility index (Phi) is 4.66. The third-order valence-electron chi connectivity index (χ3n) is 4.35. The fourth-order valence-electron chi connectivity index (χ4n) is 3.30. The summed E-state index contributed by atoms with van der Waals surface area (Å²) in [5.74, 6) is -0.333. The summed E-state index contributed by atoms with van der Waals surface area (Å²) in [5, 5.41) is 11.0. The van der Waals surface area contributed by atoms with Gasteiger partial charge in [0.15, 0.2) is 0 Å². The van der Waals surface area contributed by atoms with E-state index in [1.54, 1.807) is 6.92 Å². The lowest BCUT2D eigenvalue weighted by atomic mass is 9.70. The molecule has 21 heavy (non-hydrogen) atoms. The Morgan fingerprint density at radius 1 is 1.43 bits per heavy atom. The summed E-state index contributed by atoms with van der Waals surface area (Å²) in [4.78, 5) is 12.6. The predicted octanol–water partition coefficient (Wildman–Crippen LogP) is 3.03. The summed E-state index contributed by atoms with van der Waals surface area (Å²) in [6.07, 6.45) is 3.90. The van der Waals surface area contributed by atoms with Crippen LogP contribution in [0.1, 0.15) is 31.7 Å². The number of benzene rings is 1. The minimum Gasteiger partial charge on any atom is -0.465 e. The highest BCUT2D eigenvalue weighted by Gasteiger charge is 2.58. The molecule has 0 aliphatic heterocycles. The zero-order valence-corrected chi connectivity index (χ0v) is 12.5. The lowest BCUT2D eigenvalue weighted by Gasteiger charge is -2.38. The van der Waals surface area contributed by atoms with E-state index in [-0.39, 0.29) is 5.97 Å². The molecule has 1 aromatic carbocycles. The van der Waals surface area contributed by atoms with E-state index >= 15 is 0 Å². The Morgan fingerprint density at radius 2 is 2.14 bits per heavy atom. The molecular weight excluding hydrogens is 264 g/mol. The molecule has 0 heterocycles. The van der Waals surface area contributed by atoms with Gasteiger partial charge in [-0.3, -0.25) is 4.79 Å². The van der Waals surface area contributed by atoms with Crippen LogP contribution in [0.4, 0.5) is 0 Å². The predicted molar refractivity (Wildman–Crippen MR) is 81.7 cm³/mol. The summed E-state index contributed by atoms with van der Waals surface area (Å²) in [7, 11) is 0. The first kappa shape index (κ1) is 15.6. The van der Waals surface area contributed by atoms with E-state index in [1.807, 2.05) is 30.3 Å². The molecule has 1 aliphatic carbocycles. The molecule has 0 aromatic heterocycles. The Hall–Kier alpha value is -1.83. The largest absolute Gasteiger partial charge is 0.465 e. The third kappa shape index (κ3) is 2.80. The smallest absolute Gasteiger partial charge is 0.315 e. The molecule has 3 heteroatoms. The summed E-state index contributed by atoms with van der Waals surface area (Å²) in [6, 6.07) is 9.75. The minimum absolute atomic E-state index is 0.309. The highest BCUT2D eigenvalue weighted by atomic mass is 16.5. The summed E-state index contributed by atoms with van der Waals surface area (Å²) in [5.41, 5.74) is 1.48. The molecule has 2 rings (SSSR count). The minimum atomic E-state index is -1.24. The maximum absolute atomic E-state index is 12.6. The molecule has 1 saturated carbocycles. The van der Waals surface area contributed by atoms with Gasteiger partial charge in [0.25, 0.3) is 0 Å². The number of rotatable bonds is 5. The van der Waals surface area contributed by atoms with Gasteiger partial charge in [0.2, 0.25) is 0 Å². The fraction of sp³-hybridized carbons (Fsp3) is 0.444. The second-order valence-corrected chi connectivity index (χ2v) is 5.59. The van der Waals surface area contributed by atoms with Crippen LogP contribution < -0.4 is 0 Å². The first-order valence-corrected chi connectivity index (χ1v) is 7.38. The van der Waals surface area contributed by atoms with Crippen LogP contribution in [-0.4, -0.2) is 23.3 Å².